The molecule has 1 aliphatic rings. The van der Waals surface area contributed by atoms with Gasteiger partial charge >= 0.3 is 17.9 Å². The van der Waals surface area contributed by atoms with Crippen LogP contribution in [-0.4, -0.2) is 74.0 Å². The summed E-state index contributed by atoms with van der Waals surface area (Å²) in [4.78, 5) is 48.1. The topological polar surface area (TPSA) is 145 Å². The van der Waals surface area contributed by atoms with Crippen molar-refractivity contribution in [3.8, 4) is 0 Å². The lowest BCUT2D eigenvalue weighted by Crippen LogP contribution is -2.41. The lowest BCUT2D eigenvalue weighted by molar-refractivity contribution is -0.0661. The molecule has 0 amide bonds. The number of benzene rings is 3. The van der Waals surface area contributed by atoms with Crippen molar-refractivity contribution >= 4 is 40.8 Å². The average molecular weight is 612 g/mol. The van der Waals surface area contributed by atoms with Gasteiger partial charge in [-0.25, -0.2) is 24.4 Å². The maximum atomic E-state index is 13.4. The third-order valence-electron chi connectivity index (χ3n) is 6.84. The Kier molecular flexibility index (Phi) is 8.57. The molecule has 0 bridgehead atoms. The number of ether oxygens (including phenoxy) is 4. The second-order valence-corrected chi connectivity index (χ2v) is 10.4. The van der Waals surface area contributed by atoms with Crippen molar-refractivity contribution in [2.75, 3.05) is 12.9 Å². The second kappa shape index (κ2) is 13.0. The second-order valence-electron chi connectivity index (χ2n) is 9.59. The number of fused-ring (bicyclic) bond motifs is 1. The Bertz CT molecular complexity index is 1770. The molecule has 0 saturated carbocycles. The third kappa shape index (κ3) is 6.00. The molecule has 6 rings (SSSR count). The molecule has 1 saturated heterocycles. The highest BCUT2D eigenvalue weighted by Crippen LogP contribution is 2.36. The van der Waals surface area contributed by atoms with Crippen LogP contribution in [0, 0.1) is 0 Å². The van der Waals surface area contributed by atoms with Crippen molar-refractivity contribution in [3.63, 3.8) is 0 Å². The van der Waals surface area contributed by atoms with E-state index < -0.39 is 42.4 Å². The van der Waals surface area contributed by atoms with Gasteiger partial charge in [-0.15, -0.1) is 16.9 Å². The van der Waals surface area contributed by atoms with Crippen LogP contribution in [0.5, 0.6) is 0 Å². The summed E-state index contributed by atoms with van der Waals surface area (Å²) in [5.41, 5.74) is 1.59. The summed E-state index contributed by atoms with van der Waals surface area (Å²) >= 11 is 1.36. The summed E-state index contributed by atoms with van der Waals surface area (Å²) in [7, 11) is 0. The predicted octanol–water partition coefficient (Wildman–Crippen LogP) is 4.15. The molecule has 3 aromatic carbocycles. The van der Waals surface area contributed by atoms with E-state index in [9.17, 15) is 14.4 Å². The van der Waals surface area contributed by atoms with Crippen LogP contribution in [0.2, 0.25) is 0 Å². The maximum Gasteiger partial charge on any atom is 0.338 e. The molecular formula is C31H25N5O7S. The van der Waals surface area contributed by atoms with Gasteiger partial charge in [-0.2, -0.15) is 4.68 Å². The summed E-state index contributed by atoms with van der Waals surface area (Å²) < 4.78 is 25.2. The molecule has 3 heterocycles. The largest absolute Gasteiger partial charge is 0.459 e. The zero-order chi connectivity index (χ0) is 30.5. The number of esters is 3. The molecule has 0 spiro atoms. The molecule has 5 aromatic rings. The number of carbonyl (C=O) groups excluding carboxylic acids is 3. The summed E-state index contributed by atoms with van der Waals surface area (Å²) in [5.74, 6) is -1.97. The van der Waals surface area contributed by atoms with Gasteiger partial charge in [0.25, 0.3) is 0 Å². The smallest absolute Gasteiger partial charge is 0.338 e. The van der Waals surface area contributed by atoms with E-state index in [2.05, 4.69) is 20.3 Å². The first-order valence-electron chi connectivity index (χ1n) is 13.5. The highest BCUT2D eigenvalue weighted by molar-refractivity contribution is 7.98. The third-order valence-corrected chi connectivity index (χ3v) is 7.53. The highest BCUT2D eigenvalue weighted by Gasteiger charge is 2.52. The number of rotatable bonds is 9. The number of aromatic nitrogens is 5. The molecule has 0 aliphatic carbocycles. The van der Waals surface area contributed by atoms with E-state index in [1.807, 2.05) is 6.26 Å². The van der Waals surface area contributed by atoms with Gasteiger partial charge in [-0.1, -0.05) is 59.8 Å². The predicted molar refractivity (Wildman–Crippen MR) is 157 cm³/mol. The first-order chi connectivity index (χ1) is 21.5. The minimum atomic E-state index is -1.24. The number of hydrogen-bond acceptors (Lipinski definition) is 12. The number of carbonyl (C=O) groups is 3. The fraction of sp³-hybridized carbons (Fsp3) is 0.194. The van der Waals surface area contributed by atoms with E-state index >= 15 is 0 Å². The van der Waals surface area contributed by atoms with Crippen molar-refractivity contribution in [3.05, 3.63) is 114 Å². The van der Waals surface area contributed by atoms with E-state index in [0.29, 0.717) is 21.8 Å². The van der Waals surface area contributed by atoms with Gasteiger partial charge in [-0.05, 0) is 42.7 Å². The molecule has 2 aromatic heterocycles. The van der Waals surface area contributed by atoms with Crippen molar-refractivity contribution < 1.29 is 33.3 Å². The standard InChI is InChI=1S/C31H25N5O7S/c1-44-27-23-26(32-18-33-27)36(35-34-23)28-25(43-31(39)21-15-9-4-10-16-21)24(42-30(38)20-13-7-3-8-14-20)22(41-28)17-40-29(37)19-11-5-2-6-12-19/h2-16,18,22,24-25,28H,17H2,1H3/t22-,24-,25-,28-/m1/s1. The lowest BCUT2D eigenvalue weighted by atomic mass is 10.1. The molecular weight excluding hydrogens is 586 g/mol. The molecule has 0 radical (unpaired) electrons. The van der Waals surface area contributed by atoms with E-state index in [4.69, 9.17) is 18.9 Å². The van der Waals surface area contributed by atoms with Crippen LogP contribution in [-0.2, 0) is 18.9 Å². The Hall–Kier alpha value is -5.14. The van der Waals surface area contributed by atoms with Gasteiger partial charge in [0.05, 0.1) is 16.7 Å². The number of nitrogens with zero attached hydrogens (tertiary/aromatic N) is 5. The minimum Gasteiger partial charge on any atom is -0.459 e. The fourth-order valence-corrected chi connectivity index (χ4v) is 5.20. The van der Waals surface area contributed by atoms with Gasteiger partial charge in [0.15, 0.2) is 29.6 Å². The Balaban J connectivity index is 1.38. The molecule has 0 unspecified atom stereocenters. The Morgan fingerprint density at radius 3 is 1.89 bits per heavy atom. The monoisotopic (exact) mass is 611 g/mol. The quantitative estimate of drug-likeness (QED) is 0.102. The zero-order valence-corrected chi connectivity index (χ0v) is 24.1. The van der Waals surface area contributed by atoms with Crippen LogP contribution < -0.4 is 0 Å². The zero-order valence-electron chi connectivity index (χ0n) is 23.3. The van der Waals surface area contributed by atoms with Crippen molar-refractivity contribution in [2.24, 2.45) is 0 Å². The molecule has 222 valence electrons. The van der Waals surface area contributed by atoms with Gasteiger partial charge in [0.2, 0.25) is 0 Å². The van der Waals surface area contributed by atoms with Crippen LogP contribution >= 0.6 is 11.8 Å². The van der Waals surface area contributed by atoms with Gasteiger partial charge in [0, 0.05) is 0 Å². The van der Waals surface area contributed by atoms with Crippen LogP contribution in [0.3, 0.4) is 0 Å². The molecule has 13 heteroatoms. The first-order valence-corrected chi connectivity index (χ1v) is 14.8. The van der Waals surface area contributed by atoms with Gasteiger partial charge in [-0.3, -0.25) is 0 Å². The minimum absolute atomic E-state index is 0.271. The Morgan fingerprint density at radius 2 is 1.32 bits per heavy atom. The lowest BCUT2D eigenvalue weighted by Gasteiger charge is -2.24. The molecule has 44 heavy (non-hydrogen) atoms. The highest BCUT2D eigenvalue weighted by atomic mass is 32.2. The van der Waals surface area contributed by atoms with Gasteiger partial charge in [0.1, 0.15) is 24.1 Å². The Labute approximate surface area is 255 Å². The normalized spacial score (nSPS) is 19.4. The SMILES string of the molecule is CSc1ncnc2c1nnn2[C@@H]1O[C@H](COC(=O)c2ccccc2)[C@@H](OC(=O)c2ccccc2)[C@H]1OC(=O)c1ccccc1. The number of hydrogen-bond donors (Lipinski definition) is 0. The van der Waals surface area contributed by atoms with E-state index in [-0.39, 0.29) is 17.7 Å². The molecule has 0 N–H and O–H groups in total. The average Bonchev–Trinajstić information content (AvgIpc) is 3.65. The van der Waals surface area contributed by atoms with Crippen molar-refractivity contribution in [2.45, 2.75) is 29.6 Å². The molecule has 1 fully saturated rings. The van der Waals surface area contributed by atoms with Crippen LogP contribution in [0.4, 0.5) is 0 Å². The van der Waals surface area contributed by atoms with E-state index in [1.54, 1.807) is 91.0 Å². The van der Waals surface area contributed by atoms with Gasteiger partial charge < -0.3 is 18.9 Å². The van der Waals surface area contributed by atoms with Crippen LogP contribution in [0.15, 0.2) is 102 Å². The van der Waals surface area contributed by atoms with E-state index in [0.717, 1.165) is 0 Å². The molecule has 12 nitrogen and oxygen atoms in total. The maximum absolute atomic E-state index is 13.4. The van der Waals surface area contributed by atoms with Crippen molar-refractivity contribution in [1.82, 2.24) is 25.0 Å². The summed E-state index contributed by atoms with van der Waals surface area (Å²) in [6, 6.07) is 25.1. The summed E-state index contributed by atoms with van der Waals surface area (Å²) in [6.07, 6.45) is -1.48. The Morgan fingerprint density at radius 1 is 0.773 bits per heavy atom. The van der Waals surface area contributed by atoms with Crippen LogP contribution in [0.1, 0.15) is 37.3 Å². The number of thioether (sulfide) groups is 1. The molecule has 4 atom stereocenters. The fourth-order valence-electron chi connectivity index (χ4n) is 4.72. The molecule has 1 aliphatic heterocycles. The van der Waals surface area contributed by atoms with E-state index in [1.165, 1.54) is 22.8 Å². The first kappa shape index (κ1) is 29.0. The summed E-state index contributed by atoms with van der Waals surface area (Å²) in [5, 5.41) is 9.06. The summed E-state index contributed by atoms with van der Waals surface area (Å²) in [6.45, 7) is -0.325. The van der Waals surface area contributed by atoms with Crippen molar-refractivity contribution in [1.29, 1.82) is 0 Å². The van der Waals surface area contributed by atoms with Crippen LogP contribution in [0.25, 0.3) is 11.2 Å².